The van der Waals surface area contributed by atoms with E-state index in [1.165, 1.54) is 0 Å². The molecule has 3 aromatic rings. The Morgan fingerprint density at radius 3 is 1.52 bits per heavy atom. The fourth-order valence-corrected chi connectivity index (χ4v) is 2.91. The first-order valence-electron chi connectivity index (χ1n) is 11.2. The van der Waals surface area contributed by atoms with E-state index in [2.05, 4.69) is 15.5 Å². The van der Waals surface area contributed by atoms with E-state index in [0.717, 1.165) is 33.5 Å². The van der Waals surface area contributed by atoms with Gasteiger partial charge in [-0.3, -0.25) is 4.79 Å². The second kappa shape index (κ2) is 16.0. The average molecular weight is 599 g/mol. The molecular formula is C26H23F6N5O5. The molecule has 0 aromatic heterocycles. The molecule has 10 nitrogen and oxygen atoms in total. The summed E-state index contributed by atoms with van der Waals surface area (Å²) in [6.45, 7) is 0. The van der Waals surface area contributed by atoms with E-state index in [-0.39, 0.29) is 12.3 Å². The molecule has 0 atom stereocenters. The van der Waals surface area contributed by atoms with Gasteiger partial charge in [0.25, 0.3) is 0 Å². The highest BCUT2D eigenvalue weighted by Gasteiger charge is 2.38. The zero-order valence-electron chi connectivity index (χ0n) is 21.2. The van der Waals surface area contributed by atoms with Crippen molar-refractivity contribution in [2.45, 2.75) is 18.8 Å². The number of anilines is 1. The first-order chi connectivity index (χ1) is 19.6. The van der Waals surface area contributed by atoms with E-state index in [1.807, 2.05) is 72.8 Å². The Bertz CT molecular complexity index is 1370. The number of halogens is 6. The SMILES string of the molecule is NN=Cc1ccc(NC(=O)Cc2ccccc2-c2ccc(C=NN)cc2)cc1.O=C(O)C(F)(F)F.O=C(O)C(F)(F)F. The van der Waals surface area contributed by atoms with Crippen molar-refractivity contribution in [2.24, 2.45) is 21.9 Å². The third-order valence-electron chi connectivity index (χ3n) is 4.72. The minimum Gasteiger partial charge on any atom is -0.475 e. The number of carboxylic acids is 2. The molecule has 0 fully saturated rings. The van der Waals surface area contributed by atoms with E-state index >= 15 is 0 Å². The maximum atomic E-state index is 12.5. The largest absolute Gasteiger partial charge is 0.490 e. The number of carboxylic acid groups (broad SMARTS) is 2. The van der Waals surface area contributed by atoms with Gasteiger partial charge in [-0.05, 0) is 39.9 Å². The van der Waals surface area contributed by atoms with Gasteiger partial charge in [-0.1, -0.05) is 60.7 Å². The number of hydrogen-bond acceptors (Lipinski definition) is 7. The summed E-state index contributed by atoms with van der Waals surface area (Å²) in [5, 5.41) is 24.2. The lowest BCUT2D eigenvalue weighted by Gasteiger charge is -2.11. The lowest BCUT2D eigenvalue weighted by Crippen LogP contribution is -2.21. The van der Waals surface area contributed by atoms with Crippen LogP contribution in [0.1, 0.15) is 16.7 Å². The normalized spacial score (nSPS) is 11.2. The van der Waals surface area contributed by atoms with Gasteiger partial charge in [-0.15, -0.1) is 0 Å². The van der Waals surface area contributed by atoms with Crippen LogP contribution in [-0.4, -0.2) is 52.8 Å². The van der Waals surface area contributed by atoms with Gasteiger partial charge in [0.2, 0.25) is 5.91 Å². The van der Waals surface area contributed by atoms with Gasteiger partial charge in [0, 0.05) is 5.69 Å². The molecule has 7 N–H and O–H groups in total. The van der Waals surface area contributed by atoms with E-state index in [9.17, 15) is 31.1 Å². The number of amides is 1. The Labute approximate surface area is 234 Å². The highest BCUT2D eigenvalue weighted by Crippen LogP contribution is 2.25. The van der Waals surface area contributed by atoms with Crippen molar-refractivity contribution < 1.29 is 50.9 Å². The molecule has 1 amide bonds. The molecule has 0 bridgehead atoms. The van der Waals surface area contributed by atoms with Crippen LogP contribution in [-0.2, 0) is 20.8 Å². The first kappa shape index (κ1) is 34.6. The minimum atomic E-state index is -5.08. The van der Waals surface area contributed by atoms with Crippen LogP contribution in [0.5, 0.6) is 0 Å². The van der Waals surface area contributed by atoms with Crippen molar-refractivity contribution in [2.75, 3.05) is 5.32 Å². The molecule has 42 heavy (non-hydrogen) atoms. The van der Waals surface area contributed by atoms with Gasteiger partial charge in [-0.2, -0.15) is 36.5 Å². The summed E-state index contributed by atoms with van der Waals surface area (Å²) in [6, 6.07) is 23.0. The van der Waals surface area contributed by atoms with Crippen LogP contribution in [0.25, 0.3) is 11.1 Å². The van der Waals surface area contributed by atoms with Crippen molar-refractivity contribution in [3.8, 4) is 11.1 Å². The molecule has 0 saturated heterocycles. The van der Waals surface area contributed by atoms with Crippen molar-refractivity contribution in [3.63, 3.8) is 0 Å². The Morgan fingerprint density at radius 2 is 1.12 bits per heavy atom. The maximum absolute atomic E-state index is 12.5. The second-order valence-corrected chi connectivity index (χ2v) is 7.79. The summed E-state index contributed by atoms with van der Waals surface area (Å²) in [7, 11) is 0. The summed E-state index contributed by atoms with van der Waals surface area (Å²) in [5.74, 6) is 4.73. The van der Waals surface area contributed by atoms with Crippen molar-refractivity contribution in [1.29, 1.82) is 0 Å². The van der Waals surface area contributed by atoms with Crippen LogP contribution in [0, 0.1) is 0 Å². The number of nitrogens with two attached hydrogens (primary N) is 2. The summed E-state index contributed by atoms with van der Waals surface area (Å²) >= 11 is 0. The van der Waals surface area contributed by atoms with Crippen LogP contribution in [0.15, 0.2) is 83.0 Å². The number of rotatable bonds is 6. The Kier molecular flexibility index (Phi) is 13.2. The molecule has 0 unspecified atom stereocenters. The third kappa shape index (κ3) is 12.6. The van der Waals surface area contributed by atoms with E-state index < -0.39 is 24.3 Å². The lowest BCUT2D eigenvalue weighted by atomic mass is 9.97. The van der Waals surface area contributed by atoms with Crippen LogP contribution in [0.3, 0.4) is 0 Å². The Hall–Kier alpha value is -5.41. The van der Waals surface area contributed by atoms with Crippen molar-refractivity contribution >= 4 is 36.0 Å². The highest BCUT2D eigenvalue weighted by atomic mass is 19.4. The molecule has 0 heterocycles. The smallest absolute Gasteiger partial charge is 0.475 e. The number of hydrazone groups is 2. The second-order valence-electron chi connectivity index (χ2n) is 7.79. The molecule has 0 saturated carbocycles. The quantitative estimate of drug-likeness (QED) is 0.121. The monoisotopic (exact) mass is 599 g/mol. The number of hydrogen-bond donors (Lipinski definition) is 5. The number of carbonyl (C=O) groups is 3. The molecule has 0 aliphatic rings. The number of aliphatic carboxylic acids is 2. The number of carbonyl (C=O) groups excluding carboxylic acids is 1. The molecule has 0 radical (unpaired) electrons. The molecule has 0 aliphatic carbocycles. The molecule has 3 rings (SSSR count). The number of nitrogens with one attached hydrogen (secondary N) is 1. The Morgan fingerprint density at radius 1 is 0.714 bits per heavy atom. The number of alkyl halides is 6. The van der Waals surface area contributed by atoms with Crippen LogP contribution in [0.2, 0.25) is 0 Å². The van der Waals surface area contributed by atoms with Crippen molar-refractivity contribution in [1.82, 2.24) is 0 Å². The fourth-order valence-electron chi connectivity index (χ4n) is 2.91. The van der Waals surface area contributed by atoms with Gasteiger partial charge in [-0.25, -0.2) is 9.59 Å². The zero-order valence-corrected chi connectivity index (χ0v) is 21.2. The molecule has 3 aromatic carbocycles. The van der Waals surface area contributed by atoms with Crippen molar-refractivity contribution in [3.05, 3.63) is 89.5 Å². The maximum Gasteiger partial charge on any atom is 0.490 e. The van der Waals surface area contributed by atoms with Crippen LogP contribution in [0.4, 0.5) is 32.0 Å². The fraction of sp³-hybridized carbons (Fsp3) is 0.115. The highest BCUT2D eigenvalue weighted by molar-refractivity contribution is 5.94. The summed E-state index contributed by atoms with van der Waals surface area (Å²) in [6.07, 6.45) is -6.76. The summed E-state index contributed by atoms with van der Waals surface area (Å²) in [5.41, 5.74) is 5.51. The van der Waals surface area contributed by atoms with Crippen LogP contribution < -0.4 is 17.0 Å². The summed E-state index contributed by atoms with van der Waals surface area (Å²) in [4.78, 5) is 30.3. The average Bonchev–Trinajstić information content (AvgIpc) is 2.91. The van der Waals surface area contributed by atoms with Gasteiger partial charge in [0.15, 0.2) is 0 Å². The zero-order chi connectivity index (χ0) is 31.9. The van der Waals surface area contributed by atoms with Gasteiger partial charge in [0.1, 0.15) is 0 Å². The van der Waals surface area contributed by atoms with E-state index in [0.29, 0.717) is 0 Å². The van der Waals surface area contributed by atoms with Gasteiger partial charge < -0.3 is 27.2 Å². The first-order valence-corrected chi connectivity index (χ1v) is 11.2. The van der Waals surface area contributed by atoms with Gasteiger partial charge in [0.05, 0.1) is 18.9 Å². The molecule has 16 heteroatoms. The Balaban J connectivity index is 0.000000522. The molecule has 0 spiro atoms. The van der Waals surface area contributed by atoms with E-state index in [1.54, 1.807) is 12.4 Å². The molecule has 0 aliphatic heterocycles. The molecule has 224 valence electrons. The summed E-state index contributed by atoms with van der Waals surface area (Å²) < 4.78 is 63.5. The van der Waals surface area contributed by atoms with Crippen LogP contribution >= 0.6 is 0 Å². The number of nitrogens with zero attached hydrogens (tertiary/aromatic N) is 2. The van der Waals surface area contributed by atoms with E-state index in [4.69, 9.17) is 31.5 Å². The topological polar surface area (TPSA) is 180 Å². The predicted octanol–water partition coefficient (Wildman–Crippen LogP) is 4.39. The van der Waals surface area contributed by atoms with Gasteiger partial charge >= 0.3 is 24.3 Å². The standard InChI is InChI=1S/C22H21N5O.2C2HF3O2/c23-25-14-16-5-9-18(10-6-16)21-4-2-1-3-19(21)13-22(28)27-20-11-7-17(8-12-20)15-26-24;2*3-2(4,5)1(6)7/h1-12,14-15H,13,23-24H2,(H,27,28);2*(H,6,7). The number of benzene rings is 3. The molecular weight excluding hydrogens is 576 g/mol. The lowest BCUT2D eigenvalue weighted by molar-refractivity contribution is -0.193. The minimum absolute atomic E-state index is 0.0837. The third-order valence-corrected chi connectivity index (χ3v) is 4.72. The predicted molar refractivity (Wildman–Crippen MR) is 142 cm³/mol.